The molecule has 0 aliphatic heterocycles. The van der Waals surface area contributed by atoms with Crippen LogP contribution in [0.5, 0.6) is 40.2 Å². The molecule has 0 heterocycles. The molecule has 0 aliphatic carbocycles. The number of aromatic hydroxyl groups is 7. The summed E-state index contributed by atoms with van der Waals surface area (Å²) < 4.78 is 0. The molecule has 0 radical (unpaired) electrons. The molecule has 0 aliphatic rings. The highest BCUT2D eigenvalue weighted by molar-refractivity contribution is 5.58. The first-order chi connectivity index (χ1) is 33.2. The quantitative estimate of drug-likeness (QED) is 0.0428. The molecule has 7 N–H and O–H groups in total. The third-order valence-corrected chi connectivity index (χ3v) is 14.1. The van der Waals surface area contributed by atoms with Gasteiger partial charge in [-0.3, -0.25) is 0 Å². The van der Waals surface area contributed by atoms with Crippen molar-refractivity contribution in [2.24, 2.45) is 0 Å². The fourth-order valence-electron chi connectivity index (χ4n) is 9.76. The number of phenols is 7. The van der Waals surface area contributed by atoms with E-state index in [9.17, 15) is 35.7 Å². The van der Waals surface area contributed by atoms with Crippen LogP contribution in [-0.2, 0) is 83.5 Å². The Hall–Kier alpha value is -6.86. The second-order valence-electron chi connectivity index (χ2n) is 18.8. The van der Waals surface area contributed by atoms with E-state index in [4.69, 9.17) is 0 Å². The van der Waals surface area contributed by atoms with E-state index < -0.39 is 0 Å². The molecule has 0 unspecified atom stereocenters. The van der Waals surface area contributed by atoms with E-state index >= 15 is 0 Å². The molecule has 7 heteroatoms. The molecule has 7 nitrogen and oxygen atoms in total. The van der Waals surface area contributed by atoms with Crippen molar-refractivity contribution in [2.75, 3.05) is 0 Å². The van der Waals surface area contributed by atoms with Crippen LogP contribution in [0.4, 0.5) is 0 Å². The van der Waals surface area contributed by atoms with Gasteiger partial charge in [-0.15, -0.1) is 0 Å². The molecule has 7 aromatic carbocycles. The van der Waals surface area contributed by atoms with Gasteiger partial charge in [0.2, 0.25) is 0 Å². The van der Waals surface area contributed by atoms with Crippen molar-refractivity contribution in [1.82, 2.24) is 0 Å². The molecule has 0 fully saturated rings. The van der Waals surface area contributed by atoms with Crippen molar-refractivity contribution in [1.29, 1.82) is 0 Å². The van der Waals surface area contributed by atoms with Gasteiger partial charge in [-0.1, -0.05) is 133 Å². The van der Waals surface area contributed by atoms with Crippen LogP contribution < -0.4 is 0 Å². The average Bonchev–Trinajstić information content (AvgIpc) is 3.35. The van der Waals surface area contributed by atoms with Crippen LogP contribution in [0, 0.1) is 0 Å². The van der Waals surface area contributed by atoms with Crippen LogP contribution in [0.25, 0.3) is 0 Å². The molecule has 0 aromatic heterocycles. The first-order valence-electron chi connectivity index (χ1n) is 25.0. The predicted octanol–water partition coefficient (Wildman–Crippen LogP) is 13.1. The van der Waals surface area contributed by atoms with Crippen LogP contribution >= 0.6 is 0 Å². The monoisotopic (exact) mass is 927 g/mol. The second-order valence-corrected chi connectivity index (χ2v) is 18.8. The standard InChI is InChI=1S/C62H70O7/c1-8-37-15-17-56(63)44(19-37)31-46-21-39(10-3)23-48(58(46)65)33-50-25-41(12-5)27-52(60(50)67)35-54-29-43(14-7)30-55(62(54)69)36-53-28-42(13-6)26-51(61(53)68)34-49-24-40(11-4)22-47(59(49)66)32-45-20-38(9-2)16-18-57(45)64/h15-30,63-69H,8-14,31-36H2,1-7H3. The van der Waals surface area contributed by atoms with Crippen LogP contribution in [0.3, 0.4) is 0 Å². The lowest BCUT2D eigenvalue weighted by molar-refractivity contribution is 0.452. The summed E-state index contributed by atoms with van der Waals surface area (Å²) in [4.78, 5) is 0. The molecular weight excluding hydrogens is 857 g/mol. The lowest BCUT2D eigenvalue weighted by atomic mass is 9.88. The minimum Gasteiger partial charge on any atom is -0.508 e. The Labute approximate surface area is 409 Å². The summed E-state index contributed by atoms with van der Waals surface area (Å²) in [5.41, 5.74) is 15.8. The minimum atomic E-state index is 0.111. The van der Waals surface area contributed by atoms with Gasteiger partial charge in [-0.25, -0.2) is 0 Å². The summed E-state index contributed by atoms with van der Waals surface area (Å²) in [6.07, 6.45) is 7.19. The number of rotatable bonds is 19. The number of aryl methyl sites for hydroxylation is 7. The van der Waals surface area contributed by atoms with Gasteiger partial charge in [0.15, 0.2) is 0 Å². The molecule has 69 heavy (non-hydrogen) atoms. The molecule has 7 aromatic rings. The highest BCUT2D eigenvalue weighted by Crippen LogP contribution is 2.40. The molecule has 0 bridgehead atoms. The van der Waals surface area contributed by atoms with Gasteiger partial charge >= 0.3 is 0 Å². The SMILES string of the molecule is CCc1ccc(O)c(Cc2cc(CC)cc(Cc3cc(CC)cc(Cc4cc(CC)cc(Cc5cc(CC)cc(Cc6cc(CC)cc(Cc7cc(CC)ccc7O)c6O)c5O)c4O)c3O)c2O)c1. The Morgan fingerprint density at radius 2 is 0.377 bits per heavy atom. The van der Waals surface area contributed by atoms with Crippen LogP contribution in [0.1, 0.15) is 154 Å². The Bertz CT molecular complexity index is 2780. The zero-order valence-corrected chi connectivity index (χ0v) is 41.6. The second kappa shape index (κ2) is 22.1. The first-order valence-corrected chi connectivity index (χ1v) is 25.0. The summed E-state index contributed by atoms with van der Waals surface area (Å²) in [5.74, 6) is 1.04. The van der Waals surface area contributed by atoms with Gasteiger partial charge in [0, 0.05) is 38.5 Å². The van der Waals surface area contributed by atoms with Crippen LogP contribution in [0.15, 0.2) is 97.1 Å². The molecule has 0 spiro atoms. The topological polar surface area (TPSA) is 142 Å². The van der Waals surface area contributed by atoms with Crippen molar-refractivity contribution in [3.63, 3.8) is 0 Å². The van der Waals surface area contributed by atoms with Crippen molar-refractivity contribution in [2.45, 2.75) is 132 Å². The highest BCUT2D eigenvalue weighted by Gasteiger charge is 2.22. The molecular formula is C62H70O7. The summed E-state index contributed by atoms with van der Waals surface area (Å²) in [5, 5.41) is 81.1. The van der Waals surface area contributed by atoms with Crippen LogP contribution in [-0.4, -0.2) is 35.7 Å². The normalized spacial score (nSPS) is 11.4. The van der Waals surface area contributed by atoms with Gasteiger partial charge in [0.25, 0.3) is 0 Å². The number of benzene rings is 7. The third kappa shape index (κ3) is 11.4. The predicted molar refractivity (Wildman–Crippen MR) is 279 cm³/mol. The maximum atomic E-state index is 12.1. The fraction of sp³-hybridized carbons (Fsp3) is 0.323. The zero-order valence-electron chi connectivity index (χ0n) is 41.6. The van der Waals surface area contributed by atoms with Crippen molar-refractivity contribution in [3.8, 4) is 40.2 Å². The molecule has 0 saturated carbocycles. The molecule has 7 rings (SSSR count). The lowest BCUT2D eigenvalue weighted by Crippen LogP contribution is -2.03. The Kier molecular flexibility index (Phi) is 16.0. The highest BCUT2D eigenvalue weighted by atomic mass is 16.3. The van der Waals surface area contributed by atoms with E-state index in [0.29, 0.717) is 76.6 Å². The van der Waals surface area contributed by atoms with E-state index in [1.807, 2.05) is 84.9 Å². The Morgan fingerprint density at radius 1 is 0.217 bits per heavy atom. The Morgan fingerprint density at radius 3 is 0.551 bits per heavy atom. The smallest absolute Gasteiger partial charge is 0.122 e. The van der Waals surface area contributed by atoms with E-state index in [1.54, 1.807) is 12.1 Å². The van der Waals surface area contributed by atoms with Gasteiger partial charge in [0.1, 0.15) is 40.2 Å². The molecule has 360 valence electrons. The molecule has 0 saturated heterocycles. The van der Waals surface area contributed by atoms with E-state index in [0.717, 1.165) is 99.7 Å². The van der Waals surface area contributed by atoms with Gasteiger partial charge in [0.05, 0.1) is 0 Å². The van der Waals surface area contributed by atoms with Gasteiger partial charge < -0.3 is 35.7 Å². The summed E-state index contributed by atoms with van der Waals surface area (Å²) >= 11 is 0. The molecule has 0 atom stereocenters. The number of hydrogen-bond acceptors (Lipinski definition) is 7. The fourth-order valence-corrected chi connectivity index (χ4v) is 9.76. The summed E-state index contributed by atoms with van der Waals surface area (Å²) in [6, 6.07) is 31.2. The van der Waals surface area contributed by atoms with Crippen molar-refractivity contribution < 1.29 is 35.7 Å². The largest absolute Gasteiger partial charge is 0.508 e. The van der Waals surface area contributed by atoms with Crippen LogP contribution in [0.2, 0.25) is 0 Å². The van der Waals surface area contributed by atoms with E-state index in [2.05, 4.69) is 48.5 Å². The van der Waals surface area contributed by atoms with E-state index in [-0.39, 0.29) is 53.1 Å². The maximum Gasteiger partial charge on any atom is 0.122 e. The Balaban J connectivity index is 1.20. The molecule has 0 amide bonds. The maximum absolute atomic E-state index is 12.1. The van der Waals surface area contributed by atoms with Crippen molar-refractivity contribution in [3.05, 3.63) is 203 Å². The van der Waals surface area contributed by atoms with E-state index in [1.165, 1.54) is 0 Å². The number of hydrogen-bond donors (Lipinski definition) is 7. The minimum absolute atomic E-state index is 0.111. The number of phenolic OH excluding ortho intramolecular Hbond substituents is 7. The van der Waals surface area contributed by atoms with Gasteiger partial charge in [-0.05, 0) is 163 Å². The summed E-state index contributed by atoms with van der Waals surface area (Å²) in [6.45, 7) is 14.5. The third-order valence-electron chi connectivity index (χ3n) is 14.1. The van der Waals surface area contributed by atoms with Crippen molar-refractivity contribution >= 4 is 0 Å². The average molecular weight is 927 g/mol. The zero-order chi connectivity index (χ0) is 49.5. The summed E-state index contributed by atoms with van der Waals surface area (Å²) in [7, 11) is 0. The van der Waals surface area contributed by atoms with Gasteiger partial charge in [-0.2, -0.15) is 0 Å². The lowest BCUT2D eigenvalue weighted by Gasteiger charge is -2.19. The first kappa shape index (κ1) is 50.0.